The Morgan fingerprint density at radius 1 is 1.64 bits per heavy atom. The Hall–Kier alpha value is -0.880. The number of hydrogen-bond acceptors (Lipinski definition) is 5. The molecule has 0 aromatic carbocycles. The molecule has 0 aliphatic rings. The quantitative estimate of drug-likeness (QED) is 0.720. The van der Waals surface area contributed by atoms with Crippen LogP contribution in [-0.4, -0.2) is 27.6 Å². The van der Waals surface area contributed by atoms with E-state index in [1.165, 1.54) is 18.0 Å². The second-order valence-electron chi connectivity index (χ2n) is 3.52. The molecule has 0 aliphatic carbocycles. The zero-order valence-corrected chi connectivity index (χ0v) is 9.34. The van der Waals surface area contributed by atoms with Crippen LogP contribution in [0.1, 0.15) is 13.8 Å². The van der Waals surface area contributed by atoms with Crippen molar-refractivity contribution in [3.8, 4) is 0 Å². The van der Waals surface area contributed by atoms with Crippen LogP contribution in [0.15, 0.2) is 16.1 Å². The van der Waals surface area contributed by atoms with Crippen molar-refractivity contribution in [3.05, 3.63) is 16.6 Å². The third kappa shape index (κ3) is 1.96. The Kier molecular flexibility index (Phi) is 3.28. The van der Waals surface area contributed by atoms with Gasteiger partial charge in [0.15, 0.2) is 5.16 Å². The van der Waals surface area contributed by atoms with Crippen molar-refractivity contribution >= 4 is 11.8 Å². The SMILES string of the molecule is CSc1nncc(=O)n1C(C)(C)CN. The fourth-order valence-electron chi connectivity index (χ4n) is 1.10. The van der Waals surface area contributed by atoms with Crippen molar-refractivity contribution in [2.75, 3.05) is 12.8 Å². The average Bonchev–Trinajstić information content (AvgIpc) is 2.17. The molecule has 0 fully saturated rings. The molecule has 0 amide bonds. The predicted molar refractivity (Wildman–Crippen MR) is 56.4 cm³/mol. The highest BCUT2D eigenvalue weighted by Gasteiger charge is 2.22. The molecule has 2 N–H and O–H groups in total. The summed E-state index contributed by atoms with van der Waals surface area (Å²) in [4.78, 5) is 11.6. The Bertz CT molecular complexity index is 374. The lowest BCUT2D eigenvalue weighted by Gasteiger charge is -2.26. The molecule has 0 radical (unpaired) electrons. The monoisotopic (exact) mass is 214 g/mol. The van der Waals surface area contributed by atoms with E-state index in [1.54, 1.807) is 4.57 Å². The first-order valence-electron chi connectivity index (χ1n) is 4.22. The second kappa shape index (κ2) is 4.10. The van der Waals surface area contributed by atoms with Crippen LogP contribution in [0.5, 0.6) is 0 Å². The molecule has 6 heteroatoms. The lowest BCUT2D eigenvalue weighted by Crippen LogP contribution is -2.43. The predicted octanol–water partition coefficient (Wildman–Crippen LogP) is 0.0540. The first-order chi connectivity index (χ1) is 6.53. The Balaban J connectivity index is 3.38. The number of rotatable bonds is 3. The minimum Gasteiger partial charge on any atom is -0.328 e. The van der Waals surface area contributed by atoms with E-state index in [0.29, 0.717) is 11.7 Å². The molecule has 78 valence electrons. The van der Waals surface area contributed by atoms with Crippen LogP contribution < -0.4 is 11.3 Å². The van der Waals surface area contributed by atoms with Crippen molar-refractivity contribution in [2.24, 2.45) is 5.73 Å². The fraction of sp³-hybridized carbons (Fsp3) is 0.625. The van der Waals surface area contributed by atoms with E-state index in [0.717, 1.165) is 0 Å². The minimum atomic E-state index is -0.425. The van der Waals surface area contributed by atoms with E-state index in [1.807, 2.05) is 20.1 Å². The summed E-state index contributed by atoms with van der Waals surface area (Å²) < 4.78 is 1.57. The van der Waals surface area contributed by atoms with Gasteiger partial charge in [0, 0.05) is 6.54 Å². The van der Waals surface area contributed by atoms with Gasteiger partial charge in [-0.25, -0.2) is 0 Å². The normalized spacial score (nSPS) is 11.7. The van der Waals surface area contributed by atoms with Gasteiger partial charge in [-0.2, -0.15) is 5.10 Å². The summed E-state index contributed by atoms with van der Waals surface area (Å²) in [7, 11) is 0. The van der Waals surface area contributed by atoms with Crippen LogP contribution in [-0.2, 0) is 5.54 Å². The smallest absolute Gasteiger partial charge is 0.273 e. The highest BCUT2D eigenvalue weighted by Crippen LogP contribution is 2.17. The van der Waals surface area contributed by atoms with E-state index in [4.69, 9.17) is 5.73 Å². The number of nitrogens with two attached hydrogens (primary N) is 1. The van der Waals surface area contributed by atoms with Gasteiger partial charge < -0.3 is 5.73 Å². The van der Waals surface area contributed by atoms with Gasteiger partial charge in [0.25, 0.3) is 5.56 Å². The second-order valence-corrected chi connectivity index (χ2v) is 4.29. The van der Waals surface area contributed by atoms with E-state index >= 15 is 0 Å². The molecular formula is C8H14N4OS. The first kappa shape index (κ1) is 11.2. The molecule has 0 saturated carbocycles. The maximum atomic E-state index is 11.6. The molecule has 1 rings (SSSR count). The molecule has 0 spiro atoms. The van der Waals surface area contributed by atoms with Crippen LogP contribution in [0.2, 0.25) is 0 Å². The number of aromatic nitrogens is 3. The largest absolute Gasteiger partial charge is 0.328 e. The highest BCUT2D eigenvalue weighted by molar-refractivity contribution is 7.98. The molecule has 0 aliphatic heterocycles. The van der Waals surface area contributed by atoms with Crippen LogP contribution in [0.4, 0.5) is 0 Å². The number of nitrogens with zero attached hydrogens (tertiary/aromatic N) is 3. The van der Waals surface area contributed by atoms with E-state index < -0.39 is 5.54 Å². The Morgan fingerprint density at radius 2 is 2.29 bits per heavy atom. The van der Waals surface area contributed by atoms with Crippen LogP contribution in [0.25, 0.3) is 0 Å². The lowest BCUT2D eigenvalue weighted by atomic mass is 10.1. The van der Waals surface area contributed by atoms with Gasteiger partial charge in [-0.15, -0.1) is 5.10 Å². The Labute approximate surface area is 86.7 Å². The summed E-state index contributed by atoms with van der Waals surface area (Å²) in [5.74, 6) is 0. The molecule has 0 bridgehead atoms. The molecule has 1 heterocycles. The van der Waals surface area contributed by atoms with Crippen LogP contribution in [0.3, 0.4) is 0 Å². The van der Waals surface area contributed by atoms with Crippen molar-refractivity contribution in [1.29, 1.82) is 0 Å². The summed E-state index contributed by atoms with van der Waals surface area (Å²) in [5, 5.41) is 8.10. The molecule has 1 aromatic rings. The molecule has 0 unspecified atom stereocenters. The van der Waals surface area contributed by atoms with Gasteiger partial charge in [-0.3, -0.25) is 9.36 Å². The van der Waals surface area contributed by atoms with Crippen LogP contribution >= 0.6 is 11.8 Å². The zero-order valence-electron chi connectivity index (χ0n) is 8.52. The maximum absolute atomic E-state index is 11.6. The fourth-order valence-corrected chi connectivity index (χ4v) is 1.75. The lowest BCUT2D eigenvalue weighted by molar-refractivity contribution is 0.317. The van der Waals surface area contributed by atoms with Gasteiger partial charge >= 0.3 is 0 Å². The van der Waals surface area contributed by atoms with Gasteiger partial charge in [-0.05, 0) is 20.1 Å². The van der Waals surface area contributed by atoms with Gasteiger partial charge in [0.2, 0.25) is 0 Å². The first-order valence-corrected chi connectivity index (χ1v) is 5.44. The summed E-state index contributed by atoms with van der Waals surface area (Å²) in [6.45, 7) is 4.18. The van der Waals surface area contributed by atoms with Crippen molar-refractivity contribution in [2.45, 2.75) is 24.5 Å². The summed E-state index contributed by atoms with van der Waals surface area (Å²) in [6.07, 6.45) is 3.06. The van der Waals surface area contributed by atoms with Crippen molar-refractivity contribution < 1.29 is 0 Å². The average molecular weight is 214 g/mol. The Morgan fingerprint density at radius 3 is 2.79 bits per heavy atom. The maximum Gasteiger partial charge on any atom is 0.273 e. The molecule has 0 saturated heterocycles. The topological polar surface area (TPSA) is 73.8 Å². The zero-order chi connectivity index (χ0) is 10.8. The van der Waals surface area contributed by atoms with E-state index in [-0.39, 0.29) is 5.56 Å². The number of hydrogen-bond donors (Lipinski definition) is 1. The molecule has 0 atom stereocenters. The molecule has 5 nitrogen and oxygen atoms in total. The van der Waals surface area contributed by atoms with Gasteiger partial charge in [-0.1, -0.05) is 11.8 Å². The van der Waals surface area contributed by atoms with Crippen molar-refractivity contribution in [3.63, 3.8) is 0 Å². The standard InChI is InChI=1S/C8H14N4OS/c1-8(2,5-9)12-6(13)4-10-11-7(12)14-3/h4H,5,9H2,1-3H3. The molecule has 14 heavy (non-hydrogen) atoms. The summed E-state index contributed by atoms with van der Waals surface area (Å²) >= 11 is 1.39. The van der Waals surface area contributed by atoms with E-state index in [9.17, 15) is 4.79 Å². The van der Waals surface area contributed by atoms with Crippen molar-refractivity contribution in [1.82, 2.24) is 14.8 Å². The third-order valence-electron chi connectivity index (χ3n) is 2.01. The number of thioether (sulfide) groups is 1. The third-order valence-corrected chi connectivity index (χ3v) is 2.64. The van der Waals surface area contributed by atoms with Crippen LogP contribution in [0, 0.1) is 0 Å². The van der Waals surface area contributed by atoms with Gasteiger partial charge in [0.1, 0.15) is 6.20 Å². The molecule has 1 aromatic heterocycles. The molecular weight excluding hydrogens is 200 g/mol. The highest BCUT2D eigenvalue weighted by atomic mass is 32.2. The minimum absolute atomic E-state index is 0.167. The van der Waals surface area contributed by atoms with Gasteiger partial charge in [0.05, 0.1) is 5.54 Å². The summed E-state index contributed by atoms with van der Waals surface area (Å²) in [6, 6.07) is 0. The van der Waals surface area contributed by atoms with E-state index in [2.05, 4.69) is 10.2 Å². The summed E-state index contributed by atoms with van der Waals surface area (Å²) in [5.41, 5.74) is 5.02.